The fourth-order valence-electron chi connectivity index (χ4n) is 1.46. The average Bonchev–Trinajstić information content (AvgIpc) is 2.96. The number of ketones is 1. The van der Waals surface area contributed by atoms with Crippen LogP contribution in [0, 0.1) is 5.92 Å². The summed E-state index contributed by atoms with van der Waals surface area (Å²) in [5, 5.41) is 0. The largest absolute Gasteiger partial charge is 0.310 e. The van der Waals surface area contributed by atoms with Crippen molar-refractivity contribution >= 4 is 11.7 Å². The van der Waals surface area contributed by atoms with Gasteiger partial charge in [-0.05, 0) is 32.1 Å². The second-order valence-corrected chi connectivity index (χ2v) is 4.27. The van der Waals surface area contributed by atoms with E-state index in [1.165, 1.54) is 17.7 Å². The minimum absolute atomic E-state index is 0.291. The van der Waals surface area contributed by atoms with Crippen LogP contribution in [0.2, 0.25) is 0 Å². The second kappa shape index (κ2) is 5.10. The fourth-order valence-corrected chi connectivity index (χ4v) is 1.46. The third kappa shape index (κ3) is 3.50. The zero-order chi connectivity index (χ0) is 11.4. The Bertz CT molecular complexity index is 279. The molecule has 0 bridgehead atoms. The molecule has 0 atom stereocenters. The Morgan fingerprint density at radius 1 is 1.40 bits per heavy atom. The Morgan fingerprint density at radius 3 is 2.40 bits per heavy atom. The first-order chi connectivity index (χ1) is 7.06. The van der Waals surface area contributed by atoms with E-state index in [1.807, 2.05) is 6.92 Å². The standard InChI is InChI=1S/C12H19NO2/c1-4-5-11(14)12(15)13(9(2)3)8-10-6-7-10/h10H,2,4-8H2,1,3H3. The van der Waals surface area contributed by atoms with Gasteiger partial charge in [0.25, 0.3) is 5.91 Å². The molecule has 1 saturated carbocycles. The maximum Gasteiger partial charge on any atom is 0.294 e. The van der Waals surface area contributed by atoms with E-state index < -0.39 is 0 Å². The van der Waals surface area contributed by atoms with Crippen LogP contribution in [0.3, 0.4) is 0 Å². The van der Waals surface area contributed by atoms with Gasteiger partial charge in [0.15, 0.2) is 0 Å². The van der Waals surface area contributed by atoms with Crippen molar-refractivity contribution in [3.63, 3.8) is 0 Å². The Labute approximate surface area is 91.1 Å². The number of nitrogens with zero attached hydrogens (tertiary/aromatic N) is 1. The molecule has 0 heterocycles. The van der Waals surface area contributed by atoms with Crippen LogP contribution in [-0.4, -0.2) is 23.1 Å². The predicted octanol–water partition coefficient (Wildman–Crippen LogP) is 2.13. The van der Waals surface area contributed by atoms with E-state index in [9.17, 15) is 9.59 Å². The number of carbonyl (C=O) groups is 2. The number of rotatable bonds is 6. The predicted molar refractivity (Wildman–Crippen MR) is 59.2 cm³/mol. The summed E-state index contributed by atoms with van der Waals surface area (Å²) in [5.74, 6) is -0.0857. The molecule has 3 heteroatoms. The SMILES string of the molecule is C=C(C)N(CC1CC1)C(=O)C(=O)CCC. The number of carbonyl (C=O) groups excluding carboxylic acids is 2. The summed E-state index contributed by atoms with van der Waals surface area (Å²) in [6, 6.07) is 0. The van der Waals surface area contributed by atoms with Crippen molar-refractivity contribution in [1.82, 2.24) is 4.90 Å². The number of allylic oxidation sites excluding steroid dienone is 1. The third-order valence-electron chi connectivity index (χ3n) is 2.56. The summed E-state index contributed by atoms with van der Waals surface area (Å²) in [7, 11) is 0. The number of hydrogen-bond donors (Lipinski definition) is 0. The molecule has 1 rings (SSSR count). The van der Waals surface area contributed by atoms with Crippen LogP contribution in [0.15, 0.2) is 12.3 Å². The summed E-state index contributed by atoms with van der Waals surface area (Å²) in [6.45, 7) is 8.10. The van der Waals surface area contributed by atoms with Gasteiger partial charge in [-0.1, -0.05) is 13.5 Å². The van der Waals surface area contributed by atoms with Crippen LogP contribution in [0.25, 0.3) is 0 Å². The first-order valence-corrected chi connectivity index (χ1v) is 5.56. The third-order valence-corrected chi connectivity index (χ3v) is 2.56. The minimum Gasteiger partial charge on any atom is -0.310 e. The van der Waals surface area contributed by atoms with Gasteiger partial charge in [-0.25, -0.2) is 0 Å². The van der Waals surface area contributed by atoms with Gasteiger partial charge < -0.3 is 4.90 Å². The van der Waals surface area contributed by atoms with Crippen LogP contribution in [0.5, 0.6) is 0 Å². The lowest BCUT2D eigenvalue weighted by Crippen LogP contribution is -2.36. The molecular formula is C12H19NO2. The molecule has 1 aliphatic rings. The van der Waals surface area contributed by atoms with Crippen molar-refractivity contribution in [2.75, 3.05) is 6.54 Å². The van der Waals surface area contributed by atoms with Crippen molar-refractivity contribution < 1.29 is 9.59 Å². The maximum absolute atomic E-state index is 11.8. The van der Waals surface area contributed by atoms with E-state index in [4.69, 9.17) is 0 Å². The highest BCUT2D eigenvalue weighted by atomic mass is 16.2. The highest BCUT2D eigenvalue weighted by molar-refractivity contribution is 6.36. The van der Waals surface area contributed by atoms with E-state index in [1.54, 1.807) is 6.92 Å². The van der Waals surface area contributed by atoms with Gasteiger partial charge in [0.2, 0.25) is 5.78 Å². The zero-order valence-corrected chi connectivity index (χ0v) is 9.58. The molecule has 15 heavy (non-hydrogen) atoms. The quantitative estimate of drug-likeness (QED) is 0.628. The van der Waals surface area contributed by atoms with Crippen LogP contribution in [0.1, 0.15) is 39.5 Å². The highest BCUT2D eigenvalue weighted by Crippen LogP contribution is 2.30. The molecule has 0 N–H and O–H groups in total. The molecule has 3 nitrogen and oxygen atoms in total. The van der Waals surface area contributed by atoms with Crippen LogP contribution in [-0.2, 0) is 9.59 Å². The monoisotopic (exact) mass is 209 g/mol. The summed E-state index contributed by atoms with van der Waals surface area (Å²) in [6.07, 6.45) is 3.39. The molecule has 84 valence electrons. The summed E-state index contributed by atoms with van der Waals surface area (Å²) in [4.78, 5) is 24.7. The Kier molecular flexibility index (Phi) is 4.06. The first kappa shape index (κ1) is 12.0. The molecule has 1 amide bonds. The zero-order valence-electron chi connectivity index (χ0n) is 9.58. The Hall–Kier alpha value is -1.12. The van der Waals surface area contributed by atoms with Gasteiger partial charge in [-0.15, -0.1) is 0 Å². The molecule has 0 radical (unpaired) electrons. The van der Waals surface area contributed by atoms with Crippen molar-refractivity contribution in [1.29, 1.82) is 0 Å². The number of amides is 1. The van der Waals surface area contributed by atoms with Crippen molar-refractivity contribution in [2.24, 2.45) is 5.92 Å². The summed E-state index contributed by atoms with van der Waals surface area (Å²) in [5.41, 5.74) is 0.677. The molecule has 0 spiro atoms. The molecule has 0 aromatic carbocycles. The summed E-state index contributed by atoms with van der Waals surface area (Å²) < 4.78 is 0. The van der Waals surface area contributed by atoms with E-state index in [2.05, 4.69) is 6.58 Å². The van der Waals surface area contributed by atoms with Crippen LogP contribution < -0.4 is 0 Å². The Morgan fingerprint density at radius 2 is 2.00 bits per heavy atom. The van der Waals surface area contributed by atoms with Gasteiger partial charge in [0, 0.05) is 18.7 Å². The smallest absolute Gasteiger partial charge is 0.294 e. The van der Waals surface area contributed by atoms with Gasteiger partial charge >= 0.3 is 0 Å². The van der Waals surface area contributed by atoms with Crippen molar-refractivity contribution in [3.05, 3.63) is 12.3 Å². The van der Waals surface area contributed by atoms with Crippen molar-refractivity contribution in [3.8, 4) is 0 Å². The molecule has 0 aromatic heterocycles. The average molecular weight is 209 g/mol. The van der Waals surface area contributed by atoms with Gasteiger partial charge in [-0.3, -0.25) is 9.59 Å². The van der Waals surface area contributed by atoms with E-state index >= 15 is 0 Å². The van der Waals surface area contributed by atoms with E-state index in [0.717, 1.165) is 6.42 Å². The molecular weight excluding hydrogens is 190 g/mol. The minimum atomic E-state index is -0.378. The van der Waals surface area contributed by atoms with Gasteiger partial charge in [0.1, 0.15) is 0 Å². The first-order valence-electron chi connectivity index (χ1n) is 5.56. The van der Waals surface area contributed by atoms with Gasteiger partial charge in [-0.2, -0.15) is 0 Å². The topological polar surface area (TPSA) is 37.4 Å². The number of hydrogen-bond acceptors (Lipinski definition) is 2. The molecule has 0 aromatic rings. The van der Waals surface area contributed by atoms with Crippen LogP contribution >= 0.6 is 0 Å². The molecule has 1 aliphatic carbocycles. The second-order valence-electron chi connectivity index (χ2n) is 4.27. The van der Waals surface area contributed by atoms with E-state index in [0.29, 0.717) is 24.6 Å². The van der Waals surface area contributed by atoms with Crippen molar-refractivity contribution in [2.45, 2.75) is 39.5 Å². The molecule has 0 aliphatic heterocycles. The lowest BCUT2D eigenvalue weighted by Gasteiger charge is -2.21. The van der Waals surface area contributed by atoms with E-state index in [-0.39, 0.29) is 11.7 Å². The van der Waals surface area contributed by atoms with Gasteiger partial charge in [0.05, 0.1) is 0 Å². The number of Topliss-reactive ketones (excluding diaryl/α,β-unsaturated/α-hetero) is 1. The lowest BCUT2D eigenvalue weighted by molar-refractivity contribution is -0.143. The van der Waals surface area contributed by atoms with Crippen LogP contribution in [0.4, 0.5) is 0 Å². The molecule has 1 fully saturated rings. The molecule has 0 unspecified atom stereocenters. The highest BCUT2D eigenvalue weighted by Gasteiger charge is 2.29. The fraction of sp³-hybridized carbons (Fsp3) is 0.667. The molecule has 0 saturated heterocycles. The normalized spacial score (nSPS) is 14.8. The maximum atomic E-state index is 11.8. The summed E-state index contributed by atoms with van der Waals surface area (Å²) >= 11 is 0. The lowest BCUT2D eigenvalue weighted by atomic mass is 10.2. The Balaban J connectivity index is 2.57.